The van der Waals surface area contributed by atoms with Crippen LogP contribution in [0.5, 0.6) is 0 Å². The lowest BCUT2D eigenvalue weighted by molar-refractivity contribution is -0.119. The molecule has 226 valence electrons. The molecule has 0 bridgehead atoms. The fourth-order valence-electron chi connectivity index (χ4n) is 5.37. The molecule has 0 saturated carbocycles. The predicted octanol–water partition coefficient (Wildman–Crippen LogP) is 9.51. The van der Waals surface area contributed by atoms with Crippen LogP contribution in [-0.2, 0) is 4.79 Å². The van der Waals surface area contributed by atoms with Crippen LogP contribution >= 0.6 is 34.8 Å². The molecule has 0 aliphatic carbocycles. The SMILES string of the molecule is CCCCCCCCCCCCCCCC1=NN(c2c(Cl)cc(Cl)cc2Cl)C(=O)C1n1nc2cccc(C(=O)O)c2n1. The van der Waals surface area contributed by atoms with Crippen LogP contribution in [0.3, 0.4) is 0 Å². The number of carboxylic acids is 1. The molecule has 1 aliphatic rings. The van der Waals surface area contributed by atoms with Gasteiger partial charge in [0.05, 0.1) is 21.3 Å². The van der Waals surface area contributed by atoms with Crippen molar-refractivity contribution >= 4 is 69.1 Å². The number of benzene rings is 2. The minimum absolute atomic E-state index is 0.0137. The van der Waals surface area contributed by atoms with Crippen LogP contribution in [0.4, 0.5) is 5.69 Å². The summed E-state index contributed by atoms with van der Waals surface area (Å²) in [5.41, 5.74) is 1.41. The van der Waals surface area contributed by atoms with Crippen molar-refractivity contribution in [3.8, 4) is 0 Å². The summed E-state index contributed by atoms with van der Waals surface area (Å²) in [6.45, 7) is 2.25. The van der Waals surface area contributed by atoms with Gasteiger partial charge in [-0.2, -0.15) is 25.1 Å². The van der Waals surface area contributed by atoms with E-state index >= 15 is 0 Å². The van der Waals surface area contributed by atoms with Gasteiger partial charge >= 0.3 is 5.97 Å². The lowest BCUT2D eigenvalue weighted by Crippen LogP contribution is -2.31. The lowest BCUT2D eigenvalue weighted by Gasteiger charge is -2.17. The van der Waals surface area contributed by atoms with E-state index in [0.29, 0.717) is 22.7 Å². The Balaban J connectivity index is 1.41. The van der Waals surface area contributed by atoms with Gasteiger partial charge in [-0.15, -0.1) is 0 Å². The molecule has 2 heterocycles. The van der Waals surface area contributed by atoms with E-state index in [-0.39, 0.29) is 26.8 Å². The van der Waals surface area contributed by atoms with Crippen LogP contribution in [0, 0.1) is 0 Å². The number of nitrogens with zero attached hydrogens (tertiary/aromatic N) is 5. The van der Waals surface area contributed by atoms with Crippen molar-refractivity contribution in [1.29, 1.82) is 0 Å². The number of aromatic nitrogens is 3. The summed E-state index contributed by atoms with van der Waals surface area (Å²) in [5, 5.41) is 25.1. The maximum atomic E-state index is 13.8. The Morgan fingerprint density at radius 2 is 1.43 bits per heavy atom. The van der Waals surface area contributed by atoms with E-state index in [2.05, 4.69) is 22.2 Å². The molecule has 11 heteroatoms. The van der Waals surface area contributed by atoms with E-state index in [1.807, 2.05) is 0 Å². The van der Waals surface area contributed by atoms with Crippen LogP contribution in [0.15, 0.2) is 35.4 Å². The number of fused-ring (bicyclic) bond motifs is 1. The van der Waals surface area contributed by atoms with Gasteiger partial charge in [-0.1, -0.05) is 125 Å². The number of carboxylic acid groups (broad SMARTS) is 1. The first-order chi connectivity index (χ1) is 20.3. The number of hydrazone groups is 1. The van der Waals surface area contributed by atoms with Crippen molar-refractivity contribution in [1.82, 2.24) is 15.0 Å². The molecule has 0 fully saturated rings. The lowest BCUT2D eigenvalue weighted by atomic mass is 10.0. The van der Waals surface area contributed by atoms with Crippen LogP contribution in [0.1, 0.15) is 113 Å². The summed E-state index contributed by atoms with van der Waals surface area (Å²) in [5.74, 6) is -1.55. The molecule has 3 aromatic rings. The summed E-state index contributed by atoms with van der Waals surface area (Å²) in [4.78, 5) is 26.8. The maximum absolute atomic E-state index is 13.8. The Bertz CT molecular complexity index is 1400. The van der Waals surface area contributed by atoms with Gasteiger partial charge < -0.3 is 5.11 Å². The molecule has 42 heavy (non-hydrogen) atoms. The van der Waals surface area contributed by atoms with Crippen molar-refractivity contribution in [2.24, 2.45) is 5.10 Å². The van der Waals surface area contributed by atoms with Crippen LogP contribution < -0.4 is 5.01 Å². The second-order valence-corrected chi connectivity index (χ2v) is 12.1. The van der Waals surface area contributed by atoms with Crippen molar-refractivity contribution < 1.29 is 14.7 Å². The molecular formula is C31H38Cl3N5O3. The molecular weight excluding hydrogens is 597 g/mol. The van der Waals surface area contributed by atoms with Gasteiger partial charge in [0.25, 0.3) is 5.91 Å². The second-order valence-electron chi connectivity index (χ2n) is 10.9. The molecule has 4 rings (SSSR count). The number of amides is 1. The zero-order chi connectivity index (χ0) is 30.1. The van der Waals surface area contributed by atoms with Crippen molar-refractivity contribution in [2.75, 3.05) is 5.01 Å². The number of carbonyl (C=O) groups excluding carboxylic acids is 1. The zero-order valence-electron chi connectivity index (χ0n) is 24.0. The van der Waals surface area contributed by atoms with Gasteiger partial charge in [-0.3, -0.25) is 4.79 Å². The smallest absolute Gasteiger partial charge is 0.338 e. The third-order valence-electron chi connectivity index (χ3n) is 7.61. The number of rotatable bonds is 17. The van der Waals surface area contributed by atoms with Crippen molar-refractivity contribution in [3.63, 3.8) is 0 Å². The van der Waals surface area contributed by atoms with E-state index in [1.165, 1.54) is 92.2 Å². The van der Waals surface area contributed by atoms with Crippen LogP contribution in [0.25, 0.3) is 11.0 Å². The van der Waals surface area contributed by atoms with Crippen molar-refractivity contribution in [3.05, 3.63) is 51.0 Å². The number of hydrogen-bond acceptors (Lipinski definition) is 5. The predicted molar refractivity (Wildman–Crippen MR) is 170 cm³/mol. The molecule has 1 amide bonds. The minimum atomic E-state index is -1.12. The summed E-state index contributed by atoms with van der Waals surface area (Å²) in [6.07, 6.45) is 16.6. The molecule has 1 atom stereocenters. The second kappa shape index (κ2) is 15.7. The van der Waals surface area contributed by atoms with Gasteiger partial charge in [0.2, 0.25) is 0 Å². The number of unbranched alkanes of at least 4 members (excludes halogenated alkanes) is 12. The Labute approximate surface area is 262 Å². The highest BCUT2D eigenvalue weighted by atomic mass is 35.5. The van der Waals surface area contributed by atoms with Gasteiger partial charge in [-0.05, 0) is 37.1 Å². The molecule has 0 saturated heterocycles. The molecule has 1 aliphatic heterocycles. The summed E-state index contributed by atoms with van der Waals surface area (Å²) < 4.78 is 0. The summed E-state index contributed by atoms with van der Waals surface area (Å²) in [7, 11) is 0. The monoisotopic (exact) mass is 633 g/mol. The molecule has 1 aromatic heterocycles. The molecule has 0 spiro atoms. The average molecular weight is 635 g/mol. The largest absolute Gasteiger partial charge is 0.478 e. The average Bonchev–Trinajstić information content (AvgIpc) is 3.51. The molecule has 8 nitrogen and oxygen atoms in total. The summed E-state index contributed by atoms with van der Waals surface area (Å²) in [6, 6.07) is 6.79. The van der Waals surface area contributed by atoms with E-state index in [4.69, 9.17) is 34.8 Å². The van der Waals surface area contributed by atoms with Gasteiger partial charge in [0.15, 0.2) is 6.04 Å². The standard InChI is InChI=1S/C31H38Cl3N5O3/c1-2-3-4-5-6-7-8-9-10-11-12-13-14-17-26-29(39-36-25-18-15-16-22(31(41)42)27(25)37-39)30(40)38(35-26)28-23(33)19-21(32)20-24(28)34/h15-16,18-20,29H,2-14,17H2,1H3,(H,41,42). The number of aromatic carboxylic acids is 1. The highest BCUT2D eigenvalue weighted by Crippen LogP contribution is 2.40. The first-order valence-electron chi connectivity index (χ1n) is 15.0. The third-order valence-corrected chi connectivity index (χ3v) is 8.40. The van der Waals surface area contributed by atoms with Gasteiger partial charge in [0, 0.05) is 5.02 Å². The molecule has 1 unspecified atom stereocenters. The van der Waals surface area contributed by atoms with Gasteiger partial charge in [-0.25, -0.2) is 4.79 Å². The summed E-state index contributed by atoms with van der Waals surface area (Å²) >= 11 is 19.0. The fraction of sp³-hybridized carbons (Fsp3) is 0.516. The number of halogens is 3. The number of carbonyl (C=O) groups is 2. The van der Waals surface area contributed by atoms with E-state index in [0.717, 1.165) is 19.3 Å². The van der Waals surface area contributed by atoms with Crippen LogP contribution in [-0.4, -0.2) is 37.7 Å². The van der Waals surface area contributed by atoms with E-state index in [1.54, 1.807) is 12.1 Å². The third kappa shape index (κ3) is 8.03. The Morgan fingerprint density at radius 3 is 2.00 bits per heavy atom. The molecule has 0 radical (unpaired) electrons. The maximum Gasteiger partial charge on any atom is 0.338 e. The quantitative estimate of drug-likeness (QED) is 0.149. The van der Waals surface area contributed by atoms with Crippen LogP contribution in [0.2, 0.25) is 15.1 Å². The molecule has 1 N–H and O–H groups in total. The Kier molecular flexibility index (Phi) is 12.0. The topological polar surface area (TPSA) is 101 Å². The first-order valence-corrected chi connectivity index (χ1v) is 16.1. The van der Waals surface area contributed by atoms with Gasteiger partial charge in [0.1, 0.15) is 16.7 Å². The zero-order valence-corrected chi connectivity index (χ0v) is 26.3. The van der Waals surface area contributed by atoms with E-state index in [9.17, 15) is 14.7 Å². The highest BCUT2D eigenvalue weighted by Gasteiger charge is 2.41. The number of anilines is 1. The first kappa shape index (κ1) is 32.2. The highest BCUT2D eigenvalue weighted by molar-refractivity contribution is 6.42. The van der Waals surface area contributed by atoms with Crippen molar-refractivity contribution in [2.45, 2.75) is 103 Å². The fourth-order valence-corrected chi connectivity index (χ4v) is 6.35. The molecule has 2 aromatic carbocycles. The Morgan fingerprint density at radius 1 is 0.857 bits per heavy atom. The number of hydrogen-bond donors (Lipinski definition) is 1. The minimum Gasteiger partial charge on any atom is -0.478 e. The van der Waals surface area contributed by atoms with E-state index < -0.39 is 17.9 Å². The Hall–Kier alpha value is -2.68. The normalized spacial score (nSPS) is 15.1.